The van der Waals surface area contributed by atoms with E-state index in [4.69, 9.17) is 0 Å². The van der Waals surface area contributed by atoms with Crippen LogP contribution in [0.1, 0.15) is 11.1 Å². The van der Waals surface area contributed by atoms with Gasteiger partial charge in [-0.2, -0.15) is 0 Å². The molecule has 1 nitrogen and oxygen atoms in total. The predicted octanol–water partition coefficient (Wildman–Crippen LogP) is 2.90. The monoisotopic (exact) mass is 192 g/mol. The van der Waals surface area contributed by atoms with Gasteiger partial charge < -0.3 is 0 Å². The lowest BCUT2D eigenvalue weighted by Crippen LogP contribution is -1.81. The van der Waals surface area contributed by atoms with Crippen LogP contribution in [-0.4, -0.2) is 11.4 Å². The molecule has 1 rings (SSSR count). The molecule has 0 aliphatic heterocycles. The largest absolute Gasteiger partial charge is 0.282 e. The topological polar surface area (TPSA) is 17.1 Å². The third-order valence-electron chi connectivity index (χ3n) is 1.69. The number of hydrogen-bond donors (Lipinski definition) is 0. The van der Waals surface area contributed by atoms with Crippen molar-refractivity contribution in [3.8, 4) is 0 Å². The molecule has 0 saturated carbocycles. The van der Waals surface area contributed by atoms with Crippen LogP contribution in [-0.2, 0) is 4.79 Å². The fraction of sp³-hybridized carbons (Fsp3) is 0.182. The first kappa shape index (κ1) is 10.1. The molecule has 0 aliphatic carbocycles. The first-order valence-electron chi connectivity index (χ1n) is 4.05. The van der Waals surface area contributed by atoms with Gasteiger partial charge in [-0.3, -0.25) is 4.79 Å². The van der Waals surface area contributed by atoms with Crippen LogP contribution in [0.5, 0.6) is 0 Å². The standard InChI is InChI=1S/C11H12OS/c1-9-3-5-10(6-4-9)7-8-11(12)13-2/h3-8H,1-2H3/b8-7+. The number of aryl methyl sites for hydroxylation is 1. The summed E-state index contributed by atoms with van der Waals surface area (Å²) in [6.45, 7) is 2.04. The lowest BCUT2D eigenvalue weighted by molar-refractivity contribution is -0.106. The maximum atomic E-state index is 10.9. The Balaban J connectivity index is 2.69. The van der Waals surface area contributed by atoms with E-state index in [-0.39, 0.29) is 5.12 Å². The Bertz CT molecular complexity index is 311. The highest BCUT2D eigenvalue weighted by molar-refractivity contribution is 8.13. The normalized spacial score (nSPS) is 10.6. The van der Waals surface area contributed by atoms with Crippen molar-refractivity contribution in [1.82, 2.24) is 0 Å². The average Bonchev–Trinajstić information content (AvgIpc) is 2.16. The van der Waals surface area contributed by atoms with Crippen LogP contribution in [0.25, 0.3) is 6.08 Å². The molecule has 13 heavy (non-hydrogen) atoms. The second-order valence-corrected chi connectivity index (χ2v) is 3.58. The van der Waals surface area contributed by atoms with Crippen LogP contribution < -0.4 is 0 Å². The Hall–Kier alpha value is -1.02. The van der Waals surface area contributed by atoms with Crippen molar-refractivity contribution < 1.29 is 4.79 Å². The van der Waals surface area contributed by atoms with E-state index in [9.17, 15) is 4.79 Å². The molecule has 68 valence electrons. The maximum Gasteiger partial charge on any atom is 0.211 e. The van der Waals surface area contributed by atoms with Crippen molar-refractivity contribution in [3.05, 3.63) is 41.5 Å². The van der Waals surface area contributed by atoms with Crippen LogP contribution in [0.2, 0.25) is 0 Å². The fourth-order valence-corrected chi connectivity index (χ4v) is 1.11. The van der Waals surface area contributed by atoms with Crippen LogP contribution >= 0.6 is 11.8 Å². The summed E-state index contributed by atoms with van der Waals surface area (Å²) in [5, 5.41) is 0.0839. The Morgan fingerprint density at radius 2 is 1.92 bits per heavy atom. The molecule has 0 radical (unpaired) electrons. The van der Waals surface area contributed by atoms with Gasteiger partial charge in [0.25, 0.3) is 0 Å². The molecule has 0 amide bonds. The molecule has 1 aromatic carbocycles. The van der Waals surface area contributed by atoms with Crippen molar-refractivity contribution in [2.24, 2.45) is 0 Å². The summed E-state index contributed by atoms with van der Waals surface area (Å²) in [5.74, 6) is 0. The molecular formula is C11H12OS. The number of hydrogen-bond acceptors (Lipinski definition) is 2. The Morgan fingerprint density at radius 3 is 2.46 bits per heavy atom. The number of thioether (sulfide) groups is 1. The van der Waals surface area contributed by atoms with Gasteiger partial charge in [0.05, 0.1) is 0 Å². The van der Waals surface area contributed by atoms with E-state index < -0.39 is 0 Å². The van der Waals surface area contributed by atoms with Gasteiger partial charge >= 0.3 is 0 Å². The molecule has 1 aromatic rings. The first-order chi connectivity index (χ1) is 6.22. The third-order valence-corrected chi connectivity index (χ3v) is 2.23. The fourth-order valence-electron chi connectivity index (χ4n) is 0.910. The summed E-state index contributed by atoms with van der Waals surface area (Å²) < 4.78 is 0. The summed E-state index contributed by atoms with van der Waals surface area (Å²) >= 11 is 1.22. The van der Waals surface area contributed by atoms with Crippen molar-refractivity contribution in [1.29, 1.82) is 0 Å². The first-order valence-corrected chi connectivity index (χ1v) is 5.27. The zero-order valence-electron chi connectivity index (χ0n) is 7.78. The summed E-state index contributed by atoms with van der Waals surface area (Å²) in [6, 6.07) is 8.06. The van der Waals surface area contributed by atoms with E-state index in [2.05, 4.69) is 0 Å². The SMILES string of the molecule is CSC(=O)/C=C/c1ccc(C)cc1. The van der Waals surface area contributed by atoms with Gasteiger partial charge in [0.1, 0.15) is 0 Å². The van der Waals surface area contributed by atoms with Gasteiger partial charge in [-0.1, -0.05) is 47.7 Å². The second kappa shape index (κ2) is 4.87. The molecule has 0 unspecified atom stereocenters. The maximum absolute atomic E-state index is 10.9. The quantitative estimate of drug-likeness (QED) is 0.670. The lowest BCUT2D eigenvalue weighted by Gasteiger charge is -1.93. The summed E-state index contributed by atoms with van der Waals surface area (Å²) in [7, 11) is 0. The van der Waals surface area contributed by atoms with Crippen molar-refractivity contribution in [2.75, 3.05) is 6.26 Å². The molecule has 2 heteroatoms. The Morgan fingerprint density at radius 1 is 1.31 bits per heavy atom. The molecule has 0 N–H and O–H groups in total. The molecule has 0 aromatic heterocycles. The zero-order valence-corrected chi connectivity index (χ0v) is 8.60. The van der Waals surface area contributed by atoms with Gasteiger partial charge in [-0.05, 0) is 24.8 Å². The smallest absolute Gasteiger partial charge is 0.211 e. The summed E-state index contributed by atoms with van der Waals surface area (Å²) in [5.41, 5.74) is 2.29. The predicted molar refractivity (Wildman–Crippen MR) is 58.7 cm³/mol. The van der Waals surface area contributed by atoms with Gasteiger partial charge in [0.2, 0.25) is 5.12 Å². The van der Waals surface area contributed by atoms with Crippen LogP contribution in [0.4, 0.5) is 0 Å². The highest BCUT2D eigenvalue weighted by atomic mass is 32.2. The highest BCUT2D eigenvalue weighted by Crippen LogP contribution is 2.06. The minimum Gasteiger partial charge on any atom is -0.282 e. The van der Waals surface area contributed by atoms with Crippen molar-refractivity contribution in [2.45, 2.75) is 6.92 Å². The van der Waals surface area contributed by atoms with E-state index in [1.165, 1.54) is 17.3 Å². The van der Waals surface area contributed by atoms with Crippen LogP contribution in [0.3, 0.4) is 0 Å². The Labute approximate surface area is 82.9 Å². The van der Waals surface area contributed by atoms with Crippen LogP contribution in [0, 0.1) is 6.92 Å². The molecule has 0 saturated heterocycles. The molecular weight excluding hydrogens is 180 g/mol. The van der Waals surface area contributed by atoms with E-state index >= 15 is 0 Å². The molecule has 0 fully saturated rings. The molecule has 0 heterocycles. The number of carbonyl (C=O) groups is 1. The Kier molecular flexibility index (Phi) is 3.77. The van der Waals surface area contributed by atoms with Crippen LogP contribution in [0.15, 0.2) is 30.3 Å². The molecule has 0 spiro atoms. The zero-order chi connectivity index (χ0) is 9.68. The van der Waals surface area contributed by atoms with Gasteiger partial charge in [-0.15, -0.1) is 0 Å². The number of carbonyl (C=O) groups excluding carboxylic acids is 1. The molecule has 0 bridgehead atoms. The van der Waals surface area contributed by atoms with E-state index in [1.54, 1.807) is 12.3 Å². The number of benzene rings is 1. The third kappa shape index (κ3) is 3.47. The minimum atomic E-state index is 0.0839. The van der Waals surface area contributed by atoms with E-state index in [0.29, 0.717) is 0 Å². The molecule has 0 atom stereocenters. The molecule has 0 aliphatic rings. The van der Waals surface area contributed by atoms with Crippen molar-refractivity contribution >= 4 is 23.0 Å². The average molecular weight is 192 g/mol. The van der Waals surface area contributed by atoms with Gasteiger partial charge in [0, 0.05) is 0 Å². The van der Waals surface area contributed by atoms with Gasteiger partial charge in [0.15, 0.2) is 0 Å². The van der Waals surface area contributed by atoms with Gasteiger partial charge in [-0.25, -0.2) is 0 Å². The minimum absolute atomic E-state index is 0.0839. The highest BCUT2D eigenvalue weighted by Gasteiger charge is 1.90. The van der Waals surface area contributed by atoms with E-state index in [1.807, 2.05) is 37.3 Å². The number of rotatable bonds is 2. The van der Waals surface area contributed by atoms with Crippen molar-refractivity contribution in [3.63, 3.8) is 0 Å². The van der Waals surface area contributed by atoms with E-state index in [0.717, 1.165) is 5.56 Å². The lowest BCUT2D eigenvalue weighted by atomic mass is 10.1. The summed E-state index contributed by atoms with van der Waals surface area (Å²) in [6.07, 6.45) is 5.20. The summed E-state index contributed by atoms with van der Waals surface area (Å²) in [4.78, 5) is 10.9. The second-order valence-electron chi connectivity index (χ2n) is 2.77.